The summed E-state index contributed by atoms with van der Waals surface area (Å²) in [6, 6.07) is 0.326. The minimum atomic E-state index is -0.310. The molecule has 0 radical (unpaired) electrons. The van der Waals surface area contributed by atoms with Crippen LogP contribution in [0.4, 0.5) is 5.13 Å². The zero-order valence-electron chi connectivity index (χ0n) is 11.8. The lowest BCUT2D eigenvalue weighted by Gasteiger charge is -2.38. The molecule has 0 aliphatic carbocycles. The maximum Gasteiger partial charge on any atom is 0.350 e. The molecular formula is C13H20N2O3S. The van der Waals surface area contributed by atoms with Crippen LogP contribution in [0.3, 0.4) is 0 Å². The summed E-state index contributed by atoms with van der Waals surface area (Å²) in [5.41, 5.74) is 0.737. The second kappa shape index (κ2) is 5.88. The number of carbonyl (C=O) groups is 1. The van der Waals surface area contributed by atoms with Gasteiger partial charge in [-0.25, -0.2) is 9.78 Å². The molecule has 1 aromatic rings. The average Bonchev–Trinajstić information content (AvgIpc) is 2.79. The van der Waals surface area contributed by atoms with Gasteiger partial charge in [0.15, 0.2) is 5.13 Å². The lowest BCUT2D eigenvalue weighted by atomic mass is 10.1. The molecule has 2 atom stereocenters. The van der Waals surface area contributed by atoms with Crippen molar-refractivity contribution in [2.24, 2.45) is 0 Å². The van der Waals surface area contributed by atoms with Gasteiger partial charge < -0.3 is 14.4 Å². The Balaban J connectivity index is 2.26. The molecule has 2 rings (SSSR count). The van der Waals surface area contributed by atoms with E-state index in [1.807, 2.05) is 6.92 Å². The largest absolute Gasteiger partial charge is 0.465 e. The average molecular weight is 284 g/mol. The molecule has 0 spiro atoms. The number of nitrogens with zero attached hydrogens (tertiary/aromatic N) is 2. The van der Waals surface area contributed by atoms with Gasteiger partial charge in [0.1, 0.15) is 4.88 Å². The first kappa shape index (κ1) is 14.3. The molecule has 0 saturated carbocycles. The molecule has 5 nitrogen and oxygen atoms in total. The highest BCUT2D eigenvalue weighted by molar-refractivity contribution is 7.17. The highest BCUT2D eigenvalue weighted by Crippen LogP contribution is 2.30. The van der Waals surface area contributed by atoms with E-state index in [2.05, 4.69) is 23.7 Å². The molecule has 1 fully saturated rings. The second-order valence-electron chi connectivity index (χ2n) is 4.76. The summed E-state index contributed by atoms with van der Waals surface area (Å²) in [5.74, 6) is -0.310. The van der Waals surface area contributed by atoms with E-state index in [-0.39, 0.29) is 12.1 Å². The fraction of sp³-hybridized carbons (Fsp3) is 0.692. The van der Waals surface area contributed by atoms with Crippen LogP contribution in [0.15, 0.2) is 0 Å². The quantitative estimate of drug-likeness (QED) is 0.797. The number of thiazole rings is 1. The molecular weight excluding hydrogens is 264 g/mol. The van der Waals surface area contributed by atoms with Crippen LogP contribution in [0.2, 0.25) is 0 Å². The number of rotatable bonds is 3. The Morgan fingerprint density at radius 1 is 1.63 bits per heavy atom. The SMILES string of the molecule is CCC1COC(C)CN1c1nc(C)c(C(=O)OC)s1. The smallest absolute Gasteiger partial charge is 0.350 e. The van der Waals surface area contributed by atoms with E-state index in [1.165, 1.54) is 18.4 Å². The van der Waals surface area contributed by atoms with Crippen LogP contribution >= 0.6 is 11.3 Å². The maximum atomic E-state index is 11.7. The van der Waals surface area contributed by atoms with Crippen molar-refractivity contribution < 1.29 is 14.3 Å². The number of aryl methyl sites for hydroxylation is 1. The number of hydrogen-bond donors (Lipinski definition) is 0. The topological polar surface area (TPSA) is 51.7 Å². The third kappa shape index (κ3) is 2.90. The van der Waals surface area contributed by atoms with Crippen LogP contribution in [0, 0.1) is 6.92 Å². The first-order valence-electron chi connectivity index (χ1n) is 6.50. The number of esters is 1. The Kier molecular flexibility index (Phi) is 4.42. The van der Waals surface area contributed by atoms with Crippen LogP contribution in [0.5, 0.6) is 0 Å². The first-order chi connectivity index (χ1) is 9.06. The fourth-order valence-corrected chi connectivity index (χ4v) is 3.27. The number of ether oxygens (including phenoxy) is 2. The van der Waals surface area contributed by atoms with Gasteiger partial charge in [-0.2, -0.15) is 0 Å². The number of anilines is 1. The van der Waals surface area contributed by atoms with Gasteiger partial charge in [0, 0.05) is 6.54 Å². The zero-order chi connectivity index (χ0) is 14.0. The maximum absolute atomic E-state index is 11.7. The van der Waals surface area contributed by atoms with E-state index in [0.29, 0.717) is 17.5 Å². The molecule has 0 aromatic carbocycles. The van der Waals surface area contributed by atoms with Crippen LogP contribution in [0.1, 0.15) is 35.6 Å². The monoisotopic (exact) mass is 284 g/mol. The first-order valence-corrected chi connectivity index (χ1v) is 7.32. The van der Waals surface area contributed by atoms with Crippen LogP contribution in [0.25, 0.3) is 0 Å². The van der Waals surface area contributed by atoms with Crippen LogP contribution < -0.4 is 4.90 Å². The van der Waals surface area contributed by atoms with Crippen molar-refractivity contribution in [3.8, 4) is 0 Å². The minimum Gasteiger partial charge on any atom is -0.465 e. The Morgan fingerprint density at radius 3 is 3.00 bits per heavy atom. The van der Waals surface area contributed by atoms with Gasteiger partial charge in [-0.05, 0) is 20.3 Å². The van der Waals surface area contributed by atoms with Crippen molar-refractivity contribution in [2.75, 3.05) is 25.2 Å². The molecule has 2 heterocycles. The number of methoxy groups -OCH3 is 1. The molecule has 0 bridgehead atoms. The Morgan fingerprint density at radius 2 is 2.37 bits per heavy atom. The molecule has 0 N–H and O–H groups in total. The molecule has 106 valence electrons. The van der Waals surface area contributed by atoms with Gasteiger partial charge in [-0.1, -0.05) is 18.3 Å². The third-order valence-corrected chi connectivity index (χ3v) is 4.52. The highest BCUT2D eigenvalue weighted by atomic mass is 32.1. The van der Waals surface area contributed by atoms with Crippen LogP contribution in [-0.2, 0) is 9.47 Å². The predicted octanol–water partition coefficient (Wildman–Crippen LogP) is 2.24. The standard InChI is InChI=1S/C13H20N2O3S/c1-5-10-7-18-8(2)6-15(10)13-14-9(3)11(19-13)12(16)17-4/h8,10H,5-7H2,1-4H3. The summed E-state index contributed by atoms with van der Waals surface area (Å²) in [5, 5.41) is 0.889. The van der Waals surface area contributed by atoms with Gasteiger partial charge in [0.2, 0.25) is 0 Å². The summed E-state index contributed by atoms with van der Waals surface area (Å²) >= 11 is 1.40. The van der Waals surface area contributed by atoms with Gasteiger partial charge >= 0.3 is 5.97 Å². The molecule has 2 unspecified atom stereocenters. The summed E-state index contributed by atoms with van der Waals surface area (Å²) < 4.78 is 10.5. The van der Waals surface area contributed by atoms with E-state index < -0.39 is 0 Å². The molecule has 1 saturated heterocycles. The Hall–Kier alpha value is -1.14. The lowest BCUT2D eigenvalue weighted by molar-refractivity contribution is 0.0299. The fourth-order valence-electron chi connectivity index (χ4n) is 2.20. The summed E-state index contributed by atoms with van der Waals surface area (Å²) in [6.07, 6.45) is 1.19. The summed E-state index contributed by atoms with van der Waals surface area (Å²) in [7, 11) is 1.40. The number of hydrogen-bond acceptors (Lipinski definition) is 6. The van der Waals surface area contributed by atoms with E-state index in [9.17, 15) is 4.79 Å². The van der Waals surface area contributed by atoms with Crippen molar-refractivity contribution in [1.29, 1.82) is 0 Å². The number of morpholine rings is 1. The molecule has 0 amide bonds. The van der Waals surface area contributed by atoms with E-state index in [4.69, 9.17) is 9.47 Å². The van der Waals surface area contributed by atoms with E-state index in [1.54, 1.807) is 0 Å². The van der Waals surface area contributed by atoms with Crippen molar-refractivity contribution in [3.63, 3.8) is 0 Å². The molecule has 1 aliphatic rings. The second-order valence-corrected chi connectivity index (χ2v) is 5.74. The zero-order valence-corrected chi connectivity index (χ0v) is 12.6. The van der Waals surface area contributed by atoms with Crippen LogP contribution in [-0.4, -0.2) is 43.4 Å². The van der Waals surface area contributed by atoms with E-state index >= 15 is 0 Å². The Bertz CT molecular complexity index is 461. The highest BCUT2D eigenvalue weighted by Gasteiger charge is 2.29. The normalized spacial score (nSPS) is 23.5. The van der Waals surface area contributed by atoms with E-state index in [0.717, 1.165) is 23.8 Å². The number of carbonyl (C=O) groups excluding carboxylic acids is 1. The molecule has 6 heteroatoms. The molecule has 19 heavy (non-hydrogen) atoms. The van der Waals surface area contributed by atoms with Gasteiger partial charge in [-0.3, -0.25) is 0 Å². The third-order valence-electron chi connectivity index (χ3n) is 3.34. The lowest BCUT2D eigenvalue weighted by Crippen LogP contribution is -2.48. The van der Waals surface area contributed by atoms with Gasteiger partial charge in [-0.15, -0.1) is 0 Å². The van der Waals surface area contributed by atoms with Crippen molar-refractivity contribution in [1.82, 2.24) is 4.98 Å². The van der Waals surface area contributed by atoms with Crippen molar-refractivity contribution in [3.05, 3.63) is 10.6 Å². The summed E-state index contributed by atoms with van der Waals surface area (Å²) in [4.78, 5) is 19.0. The van der Waals surface area contributed by atoms with Crippen molar-refractivity contribution >= 4 is 22.4 Å². The molecule has 1 aliphatic heterocycles. The summed E-state index contributed by atoms with van der Waals surface area (Å²) in [6.45, 7) is 7.56. The Labute approximate surface area is 117 Å². The molecule has 1 aromatic heterocycles. The predicted molar refractivity (Wildman–Crippen MR) is 75.0 cm³/mol. The van der Waals surface area contributed by atoms with Crippen molar-refractivity contribution in [2.45, 2.75) is 39.3 Å². The minimum absolute atomic E-state index is 0.189. The van der Waals surface area contributed by atoms with Gasteiger partial charge in [0.25, 0.3) is 0 Å². The van der Waals surface area contributed by atoms with Gasteiger partial charge in [0.05, 0.1) is 31.6 Å². The number of aromatic nitrogens is 1.